The SMILES string of the molecule is CCCCC(CN)NC(=O)CCn1c(=O)n(C)c2ccccc21. The molecule has 126 valence electrons. The molecule has 3 N–H and O–H groups in total. The van der Waals surface area contributed by atoms with Gasteiger partial charge >= 0.3 is 5.69 Å². The zero-order valence-electron chi connectivity index (χ0n) is 13.9. The maximum Gasteiger partial charge on any atom is 0.328 e. The van der Waals surface area contributed by atoms with Crippen molar-refractivity contribution in [2.45, 2.75) is 45.2 Å². The third-order valence-corrected chi connectivity index (χ3v) is 4.17. The number of nitrogens with zero attached hydrogens (tertiary/aromatic N) is 2. The first-order valence-corrected chi connectivity index (χ1v) is 8.22. The molecule has 1 aromatic carbocycles. The molecule has 0 aliphatic carbocycles. The lowest BCUT2D eigenvalue weighted by Crippen LogP contribution is -2.40. The number of rotatable bonds is 8. The minimum atomic E-state index is -0.0969. The summed E-state index contributed by atoms with van der Waals surface area (Å²) in [7, 11) is 1.75. The molecule has 0 radical (unpaired) electrons. The van der Waals surface area contributed by atoms with Gasteiger partial charge in [0.2, 0.25) is 5.91 Å². The molecule has 1 amide bonds. The number of aryl methyl sites for hydroxylation is 2. The fourth-order valence-corrected chi connectivity index (χ4v) is 2.79. The van der Waals surface area contributed by atoms with Gasteiger partial charge in [0.1, 0.15) is 0 Å². The topological polar surface area (TPSA) is 82.1 Å². The number of hydrogen-bond donors (Lipinski definition) is 2. The van der Waals surface area contributed by atoms with E-state index in [1.807, 2.05) is 24.3 Å². The van der Waals surface area contributed by atoms with Crippen LogP contribution < -0.4 is 16.7 Å². The number of benzene rings is 1. The van der Waals surface area contributed by atoms with Crippen molar-refractivity contribution in [2.24, 2.45) is 12.8 Å². The van der Waals surface area contributed by atoms with Gasteiger partial charge in [-0.05, 0) is 18.6 Å². The van der Waals surface area contributed by atoms with E-state index in [0.717, 1.165) is 30.3 Å². The number of hydrogen-bond acceptors (Lipinski definition) is 3. The van der Waals surface area contributed by atoms with Gasteiger partial charge in [0.15, 0.2) is 0 Å². The fourth-order valence-electron chi connectivity index (χ4n) is 2.79. The summed E-state index contributed by atoms with van der Waals surface area (Å²) in [5.41, 5.74) is 7.33. The minimum absolute atomic E-state index is 0.0201. The summed E-state index contributed by atoms with van der Waals surface area (Å²) in [4.78, 5) is 24.4. The van der Waals surface area contributed by atoms with Crippen LogP contribution >= 0.6 is 0 Å². The van der Waals surface area contributed by atoms with Gasteiger partial charge in [0.25, 0.3) is 0 Å². The summed E-state index contributed by atoms with van der Waals surface area (Å²) in [6.45, 7) is 2.93. The molecule has 6 nitrogen and oxygen atoms in total. The van der Waals surface area contributed by atoms with Crippen molar-refractivity contribution in [3.05, 3.63) is 34.7 Å². The number of fused-ring (bicyclic) bond motifs is 1. The van der Waals surface area contributed by atoms with Crippen LogP contribution in [0.3, 0.4) is 0 Å². The molecule has 2 rings (SSSR count). The Morgan fingerprint density at radius 1 is 1.30 bits per heavy atom. The highest BCUT2D eigenvalue weighted by molar-refractivity contribution is 5.78. The van der Waals surface area contributed by atoms with E-state index in [9.17, 15) is 9.59 Å². The van der Waals surface area contributed by atoms with Gasteiger partial charge in [-0.2, -0.15) is 0 Å². The molecule has 23 heavy (non-hydrogen) atoms. The minimum Gasteiger partial charge on any atom is -0.352 e. The number of imidazole rings is 1. The Kier molecular flexibility index (Phi) is 5.98. The standard InChI is InChI=1S/C17H26N4O2/c1-3-4-7-13(12-18)19-16(22)10-11-21-15-9-6-5-8-14(15)20(2)17(21)23/h5-6,8-9,13H,3-4,7,10-12,18H2,1-2H3,(H,19,22). The van der Waals surface area contributed by atoms with Gasteiger partial charge in [-0.25, -0.2) is 4.79 Å². The van der Waals surface area contributed by atoms with Crippen molar-refractivity contribution >= 4 is 16.9 Å². The predicted molar refractivity (Wildman–Crippen MR) is 92.3 cm³/mol. The van der Waals surface area contributed by atoms with E-state index < -0.39 is 0 Å². The smallest absolute Gasteiger partial charge is 0.328 e. The van der Waals surface area contributed by atoms with E-state index >= 15 is 0 Å². The number of nitrogens with one attached hydrogen (secondary N) is 1. The summed E-state index contributed by atoms with van der Waals surface area (Å²) in [6, 6.07) is 7.62. The van der Waals surface area contributed by atoms with E-state index in [-0.39, 0.29) is 24.1 Å². The van der Waals surface area contributed by atoms with Crippen molar-refractivity contribution in [3.8, 4) is 0 Å². The third kappa shape index (κ3) is 4.01. The van der Waals surface area contributed by atoms with E-state index in [1.165, 1.54) is 0 Å². The fraction of sp³-hybridized carbons (Fsp3) is 0.529. The first-order chi connectivity index (χ1) is 11.1. The highest BCUT2D eigenvalue weighted by Crippen LogP contribution is 2.11. The van der Waals surface area contributed by atoms with Gasteiger partial charge in [-0.15, -0.1) is 0 Å². The van der Waals surface area contributed by atoms with Gasteiger partial charge < -0.3 is 11.1 Å². The summed E-state index contributed by atoms with van der Waals surface area (Å²) in [5.74, 6) is -0.0589. The summed E-state index contributed by atoms with van der Waals surface area (Å²) >= 11 is 0. The van der Waals surface area contributed by atoms with E-state index in [2.05, 4.69) is 12.2 Å². The normalized spacial score (nSPS) is 12.5. The predicted octanol–water partition coefficient (Wildman–Crippen LogP) is 1.36. The van der Waals surface area contributed by atoms with Crippen LogP contribution in [0.25, 0.3) is 11.0 Å². The van der Waals surface area contributed by atoms with Crippen LogP contribution in [0.2, 0.25) is 0 Å². The monoisotopic (exact) mass is 318 g/mol. The number of aromatic nitrogens is 2. The lowest BCUT2D eigenvalue weighted by Gasteiger charge is -2.16. The molecule has 0 fully saturated rings. The summed E-state index contributed by atoms with van der Waals surface area (Å²) in [5, 5.41) is 2.96. The lowest BCUT2D eigenvalue weighted by molar-refractivity contribution is -0.122. The highest BCUT2D eigenvalue weighted by Gasteiger charge is 2.13. The number of carbonyl (C=O) groups is 1. The highest BCUT2D eigenvalue weighted by atomic mass is 16.2. The Morgan fingerprint density at radius 2 is 2.00 bits per heavy atom. The largest absolute Gasteiger partial charge is 0.352 e. The average molecular weight is 318 g/mol. The van der Waals surface area contributed by atoms with Crippen LogP contribution in [0.5, 0.6) is 0 Å². The van der Waals surface area contributed by atoms with E-state index in [0.29, 0.717) is 13.1 Å². The molecule has 0 bridgehead atoms. The molecular formula is C17H26N4O2. The van der Waals surface area contributed by atoms with Crippen molar-refractivity contribution in [3.63, 3.8) is 0 Å². The number of amides is 1. The second-order valence-corrected chi connectivity index (χ2v) is 5.87. The van der Waals surface area contributed by atoms with Crippen LogP contribution in [0.15, 0.2) is 29.1 Å². The number of para-hydroxylation sites is 2. The molecule has 0 saturated heterocycles. The maximum absolute atomic E-state index is 12.3. The summed E-state index contributed by atoms with van der Waals surface area (Å²) < 4.78 is 3.26. The maximum atomic E-state index is 12.3. The van der Waals surface area contributed by atoms with Gasteiger partial charge in [0.05, 0.1) is 11.0 Å². The number of nitrogens with two attached hydrogens (primary N) is 1. The second kappa shape index (κ2) is 7.97. The zero-order valence-corrected chi connectivity index (χ0v) is 13.9. The van der Waals surface area contributed by atoms with Crippen molar-refractivity contribution in [1.29, 1.82) is 0 Å². The van der Waals surface area contributed by atoms with Crippen LogP contribution in [-0.4, -0.2) is 27.6 Å². The Morgan fingerprint density at radius 3 is 2.65 bits per heavy atom. The molecule has 6 heteroatoms. The first kappa shape index (κ1) is 17.3. The molecule has 1 atom stereocenters. The second-order valence-electron chi connectivity index (χ2n) is 5.87. The lowest BCUT2D eigenvalue weighted by atomic mass is 10.1. The molecule has 2 aromatic rings. The Bertz CT molecular complexity index is 717. The van der Waals surface area contributed by atoms with Gasteiger partial charge in [-0.3, -0.25) is 13.9 Å². The summed E-state index contributed by atoms with van der Waals surface area (Å²) in [6.07, 6.45) is 3.30. The average Bonchev–Trinajstić information content (AvgIpc) is 2.81. The molecule has 1 heterocycles. The first-order valence-electron chi connectivity index (χ1n) is 8.22. The van der Waals surface area contributed by atoms with Crippen molar-refractivity contribution < 1.29 is 4.79 Å². The number of unbranched alkanes of at least 4 members (excludes halogenated alkanes) is 1. The zero-order chi connectivity index (χ0) is 16.8. The van der Waals surface area contributed by atoms with Crippen molar-refractivity contribution in [1.82, 2.24) is 14.5 Å². The van der Waals surface area contributed by atoms with Crippen LogP contribution in [-0.2, 0) is 18.4 Å². The molecule has 1 unspecified atom stereocenters. The molecule has 1 aromatic heterocycles. The Balaban J connectivity index is 2.02. The molecule has 0 spiro atoms. The molecule has 0 aliphatic heterocycles. The van der Waals surface area contributed by atoms with E-state index in [1.54, 1.807) is 16.2 Å². The van der Waals surface area contributed by atoms with Crippen molar-refractivity contribution in [2.75, 3.05) is 6.54 Å². The Labute approximate surface area is 136 Å². The van der Waals surface area contributed by atoms with E-state index in [4.69, 9.17) is 5.73 Å². The van der Waals surface area contributed by atoms with Crippen LogP contribution in [0.1, 0.15) is 32.6 Å². The molecule has 0 saturated carbocycles. The van der Waals surface area contributed by atoms with Gasteiger partial charge in [-0.1, -0.05) is 31.9 Å². The van der Waals surface area contributed by atoms with Gasteiger partial charge in [0, 0.05) is 32.6 Å². The van der Waals surface area contributed by atoms with Crippen LogP contribution in [0, 0.1) is 0 Å². The third-order valence-electron chi connectivity index (χ3n) is 4.17. The van der Waals surface area contributed by atoms with Crippen LogP contribution in [0.4, 0.5) is 0 Å². The quantitative estimate of drug-likeness (QED) is 0.771. The molecule has 0 aliphatic rings. The Hall–Kier alpha value is -2.08. The molecular weight excluding hydrogens is 292 g/mol. The number of carbonyl (C=O) groups excluding carboxylic acids is 1.